The summed E-state index contributed by atoms with van der Waals surface area (Å²) < 4.78 is 24.9. The third-order valence-electron chi connectivity index (χ3n) is 3.25. The smallest absolute Gasteiger partial charge is 0.294 e. The number of primary sulfonamides is 1. The van der Waals surface area contributed by atoms with Crippen molar-refractivity contribution < 1.29 is 8.42 Å². The molecule has 0 bridgehead atoms. The fourth-order valence-corrected chi connectivity index (χ4v) is 3.91. The minimum absolute atomic E-state index is 0.00820. The number of nitrogens with zero attached hydrogens (tertiary/aromatic N) is 1. The highest BCUT2D eigenvalue weighted by atomic mass is 35.5. The van der Waals surface area contributed by atoms with Gasteiger partial charge in [0.1, 0.15) is 0 Å². The summed E-state index contributed by atoms with van der Waals surface area (Å²) in [6.45, 7) is 0.327. The second-order valence-corrected chi connectivity index (χ2v) is 7.68. The van der Waals surface area contributed by atoms with Crippen LogP contribution in [0.5, 0.6) is 0 Å². The van der Waals surface area contributed by atoms with E-state index in [2.05, 4.69) is 0 Å². The molecular formula is C14H11ClN2O3S2. The Morgan fingerprint density at radius 1 is 1.18 bits per heavy atom. The molecule has 0 fully saturated rings. The number of hydrogen-bond acceptors (Lipinski definition) is 4. The summed E-state index contributed by atoms with van der Waals surface area (Å²) in [6.07, 6.45) is 0. The molecule has 0 aliphatic rings. The van der Waals surface area contributed by atoms with Gasteiger partial charge in [-0.15, -0.1) is 0 Å². The lowest BCUT2D eigenvalue weighted by Crippen LogP contribution is -2.14. The summed E-state index contributed by atoms with van der Waals surface area (Å²) >= 11 is 7.10. The van der Waals surface area contributed by atoms with E-state index in [1.165, 1.54) is 12.1 Å². The van der Waals surface area contributed by atoms with Crippen LogP contribution >= 0.6 is 22.9 Å². The molecule has 0 aliphatic heterocycles. The van der Waals surface area contributed by atoms with Gasteiger partial charge in [-0.2, -0.15) is 0 Å². The van der Waals surface area contributed by atoms with Crippen molar-refractivity contribution in [2.75, 3.05) is 0 Å². The first-order valence-corrected chi connectivity index (χ1v) is 9.00. The van der Waals surface area contributed by atoms with E-state index in [0.717, 1.165) is 16.9 Å². The zero-order valence-corrected chi connectivity index (χ0v) is 13.6. The second-order valence-electron chi connectivity index (χ2n) is 4.72. The van der Waals surface area contributed by atoms with E-state index in [1.54, 1.807) is 16.7 Å². The molecule has 0 saturated carbocycles. The Bertz CT molecular complexity index is 1020. The SMILES string of the molecule is NS(=O)(=O)c1ccc2c(c1)sc(=O)n2Cc1ccccc1Cl. The lowest BCUT2D eigenvalue weighted by molar-refractivity contribution is 0.598. The van der Waals surface area contributed by atoms with Gasteiger partial charge in [0.2, 0.25) is 10.0 Å². The highest BCUT2D eigenvalue weighted by Crippen LogP contribution is 2.23. The van der Waals surface area contributed by atoms with Crippen LogP contribution in [-0.2, 0) is 16.6 Å². The number of fused-ring (bicyclic) bond motifs is 1. The van der Waals surface area contributed by atoms with Gasteiger partial charge in [-0.1, -0.05) is 41.1 Å². The molecule has 0 saturated heterocycles. The molecule has 0 unspecified atom stereocenters. The van der Waals surface area contributed by atoms with Crippen LogP contribution in [0.15, 0.2) is 52.2 Å². The third kappa shape index (κ3) is 2.80. The zero-order chi connectivity index (χ0) is 15.9. The van der Waals surface area contributed by atoms with Crippen molar-refractivity contribution in [3.05, 3.63) is 62.7 Å². The molecule has 114 valence electrons. The summed E-state index contributed by atoms with van der Waals surface area (Å²) in [4.78, 5) is 12.0. The molecule has 0 radical (unpaired) electrons. The predicted octanol–water partition coefficient (Wildman–Crippen LogP) is 2.41. The maximum atomic E-state index is 12.2. The van der Waals surface area contributed by atoms with Gasteiger partial charge in [0.15, 0.2) is 0 Å². The van der Waals surface area contributed by atoms with Crippen LogP contribution in [-0.4, -0.2) is 13.0 Å². The maximum absolute atomic E-state index is 12.2. The minimum Gasteiger partial charge on any atom is -0.294 e. The summed E-state index contributed by atoms with van der Waals surface area (Å²) in [6, 6.07) is 11.7. The first-order chi connectivity index (χ1) is 10.4. The Morgan fingerprint density at radius 3 is 2.59 bits per heavy atom. The average molecular weight is 355 g/mol. The van der Waals surface area contributed by atoms with Crippen molar-refractivity contribution in [1.29, 1.82) is 0 Å². The monoisotopic (exact) mass is 354 g/mol. The highest BCUT2D eigenvalue weighted by Gasteiger charge is 2.13. The molecular weight excluding hydrogens is 344 g/mol. The van der Waals surface area contributed by atoms with E-state index < -0.39 is 10.0 Å². The third-order valence-corrected chi connectivity index (χ3v) is 5.48. The Kier molecular flexibility index (Phi) is 3.82. The summed E-state index contributed by atoms with van der Waals surface area (Å²) in [5, 5.41) is 5.69. The first kappa shape index (κ1) is 15.2. The normalized spacial score (nSPS) is 11.9. The van der Waals surface area contributed by atoms with E-state index in [-0.39, 0.29) is 9.77 Å². The molecule has 1 heterocycles. The number of halogens is 1. The van der Waals surface area contributed by atoms with Gasteiger partial charge >= 0.3 is 4.87 Å². The number of benzene rings is 2. The number of rotatable bonds is 3. The number of hydrogen-bond donors (Lipinski definition) is 1. The van der Waals surface area contributed by atoms with Crippen LogP contribution in [0, 0.1) is 0 Å². The first-order valence-electron chi connectivity index (χ1n) is 6.26. The zero-order valence-electron chi connectivity index (χ0n) is 11.2. The van der Waals surface area contributed by atoms with Gasteiger partial charge in [-0.05, 0) is 29.8 Å². The van der Waals surface area contributed by atoms with Gasteiger partial charge in [0.25, 0.3) is 0 Å². The van der Waals surface area contributed by atoms with Crippen LogP contribution in [0.2, 0.25) is 5.02 Å². The van der Waals surface area contributed by atoms with Crippen LogP contribution < -0.4 is 10.0 Å². The molecule has 2 aromatic carbocycles. The quantitative estimate of drug-likeness (QED) is 0.784. The molecule has 22 heavy (non-hydrogen) atoms. The molecule has 1 aromatic heterocycles. The van der Waals surface area contributed by atoms with Gasteiger partial charge in [-0.3, -0.25) is 9.36 Å². The molecule has 0 atom stereocenters. The van der Waals surface area contributed by atoms with Crippen LogP contribution in [0.25, 0.3) is 10.2 Å². The van der Waals surface area contributed by atoms with E-state index in [9.17, 15) is 13.2 Å². The number of sulfonamides is 1. The van der Waals surface area contributed by atoms with Gasteiger partial charge < -0.3 is 0 Å². The van der Waals surface area contributed by atoms with Gasteiger partial charge in [-0.25, -0.2) is 13.6 Å². The molecule has 3 rings (SSSR count). The van der Waals surface area contributed by atoms with E-state index in [0.29, 0.717) is 21.8 Å². The molecule has 0 amide bonds. The van der Waals surface area contributed by atoms with Gasteiger partial charge in [0.05, 0.1) is 21.7 Å². The van der Waals surface area contributed by atoms with Crippen molar-refractivity contribution in [3.63, 3.8) is 0 Å². The van der Waals surface area contributed by atoms with Gasteiger partial charge in [0, 0.05) is 5.02 Å². The van der Waals surface area contributed by atoms with E-state index in [1.807, 2.05) is 18.2 Å². The topological polar surface area (TPSA) is 82.2 Å². The molecule has 0 aliphatic carbocycles. The maximum Gasteiger partial charge on any atom is 0.308 e. The van der Waals surface area contributed by atoms with E-state index in [4.69, 9.17) is 16.7 Å². The Hall–Kier alpha value is -1.67. The summed E-state index contributed by atoms with van der Waals surface area (Å²) in [5.74, 6) is 0. The lowest BCUT2D eigenvalue weighted by atomic mass is 10.2. The Labute approximate surface area is 135 Å². The largest absolute Gasteiger partial charge is 0.308 e. The number of thiazole rings is 1. The fourth-order valence-electron chi connectivity index (χ4n) is 2.17. The van der Waals surface area contributed by atoms with Crippen molar-refractivity contribution in [2.45, 2.75) is 11.4 Å². The molecule has 3 aromatic rings. The second kappa shape index (κ2) is 5.51. The number of aromatic nitrogens is 1. The minimum atomic E-state index is -3.79. The van der Waals surface area contributed by atoms with Crippen molar-refractivity contribution in [1.82, 2.24) is 4.57 Å². The molecule has 5 nitrogen and oxygen atoms in total. The standard InChI is InChI=1S/C14H11ClN2O3S2/c15-11-4-2-1-3-9(11)8-17-12-6-5-10(22(16,19)20)7-13(12)21-14(17)18/h1-7H,8H2,(H2,16,19,20). The summed E-state index contributed by atoms with van der Waals surface area (Å²) in [5.41, 5.74) is 1.48. The van der Waals surface area contributed by atoms with Crippen LogP contribution in [0.4, 0.5) is 0 Å². The highest BCUT2D eigenvalue weighted by molar-refractivity contribution is 7.89. The Balaban J connectivity index is 2.14. The lowest BCUT2D eigenvalue weighted by Gasteiger charge is -2.06. The van der Waals surface area contributed by atoms with Crippen LogP contribution in [0.1, 0.15) is 5.56 Å². The predicted molar refractivity (Wildman–Crippen MR) is 88.0 cm³/mol. The molecule has 0 spiro atoms. The molecule has 8 heteroatoms. The van der Waals surface area contributed by atoms with Crippen molar-refractivity contribution in [2.24, 2.45) is 5.14 Å². The Morgan fingerprint density at radius 2 is 1.91 bits per heavy atom. The number of nitrogens with two attached hydrogens (primary N) is 1. The summed E-state index contributed by atoms with van der Waals surface area (Å²) in [7, 11) is -3.79. The van der Waals surface area contributed by atoms with E-state index >= 15 is 0 Å². The molecule has 2 N–H and O–H groups in total. The van der Waals surface area contributed by atoms with Crippen LogP contribution in [0.3, 0.4) is 0 Å². The fraction of sp³-hybridized carbons (Fsp3) is 0.0714. The van der Waals surface area contributed by atoms with Crippen molar-refractivity contribution in [3.8, 4) is 0 Å². The average Bonchev–Trinajstić information content (AvgIpc) is 2.76. The van der Waals surface area contributed by atoms with Crippen molar-refractivity contribution >= 4 is 43.2 Å².